The van der Waals surface area contributed by atoms with E-state index in [1.54, 1.807) is 24.8 Å². The highest BCUT2D eigenvalue weighted by molar-refractivity contribution is 9.10. The van der Waals surface area contributed by atoms with Crippen molar-refractivity contribution in [1.29, 1.82) is 0 Å². The van der Waals surface area contributed by atoms with Crippen LogP contribution in [0.15, 0.2) is 29.3 Å². The predicted octanol–water partition coefficient (Wildman–Crippen LogP) is 1.95. The van der Waals surface area contributed by atoms with Gasteiger partial charge in [0, 0.05) is 18.6 Å². The summed E-state index contributed by atoms with van der Waals surface area (Å²) in [5.41, 5.74) is 1.76. The molecule has 0 atom stereocenters. The summed E-state index contributed by atoms with van der Waals surface area (Å²) in [6.07, 6.45) is 6.85. The van der Waals surface area contributed by atoms with Gasteiger partial charge in [0.25, 0.3) is 0 Å². The number of halogens is 1. The van der Waals surface area contributed by atoms with Crippen LogP contribution in [-0.4, -0.2) is 19.9 Å². The number of anilines is 1. The average molecular weight is 280 g/mol. The van der Waals surface area contributed by atoms with Crippen molar-refractivity contribution in [2.75, 3.05) is 5.32 Å². The number of nitrogens with one attached hydrogen (secondary N) is 1. The standard InChI is InChI=1S/C10H10BrN5/c1-7-2-13-9(5-12-7)6-16-10-14-3-8(11)4-15-10/h2-5H,6H2,1H3,(H,14,15,16). The van der Waals surface area contributed by atoms with Crippen molar-refractivity contribution in [2.45, 2.75) is 13.5 Å². The van der Waals surface area contributed by atoms with E-state index in [1.807, 2.05) is 6.92 Å². The molecular formula is C10H10BrN5. The molecule has 82 valence electrons. The monoisotopic (exact) mass is 279 g/mol. The lowest BCUT2D eigenvalue weighted by molar-refractivity contribution is 0.961. The molecule has 2 aromatic rings. The minimum atomic E-state index is 0.564. The third-order valence-corrected chi connectivity index (χ3v) is 2.29. The quantitative estimate of drug-likeness (QED) is 0.931. The molecular weight excluding hydrogens is 270 g/mol. The molecule has 0 aliphatic rings. The molecule has 0 spiro atoms. The Bertz CT molecular complexity index is 408. The fraction of sp³-hybridized carbons (Fsp3) is 0.200. The molecule has 1 N–H and O–H groups in total. The van der Waals surface area contributed by atoms with Crippen LogP contribution in [0.25, 0.3) is 0 Å². The van der Waals surface area contributed by atoms with Gasteiger partial charge >= 0.3 is 0 Å². The zero-order valence-electron chi connectivity index (χ0n) is 8.68. The summed E-state index contributed by atoms with van der Waals surface area (Å²) in [4.78, 5) is 16.6. The van der Waals surface area contributed by atoms with Crippen molar-refractivity contribution >= 4 is 21.9 Å². The number of rotatable bonds is 3. The lowest BCUT2D eigenvalue weighted by Crippen LogP contribution is -2.05. The Balaban J connectivity index is 1.97. The van der Waals surface area contributed by atoms with Gasteiger partial charge in [-0.05, 0) is 22.9 Å². The minimum Gasteiger partial charge on any atom is -0.349 e. The van der Waals surface area contributed by atoms with E-state index < -0.39 is 0 Å². The topological polar surface area (TPSA) is 63.6 Å². The summed E-state index contributed by atoms with van der Waals surface area (Å²) in [6.45, 7) is 2.47. The molecule has 0 saturated carbocycles. The van der Waals surface area contributed by atoms with Gasteiger partial charge in [-0.2, -0.15) is 0 Å². The van der Waals surface area contributed by atoms with Crippen LogP contribution in [0.2, 0.25) is 0 Å². The Hall–Kier alpha value is -1.56. The molecule has 0 fully saturated rings. The van der Waals surface area contributed by atoms with Gasteiger partial charge in [0.2, 0.25) is 5.95 Å². The third-order valence-electron chi connectivity index (χ3n) is 1.88. The first-order chi connectivity index (χ1) is 7.74. The van der Waals surface area contributed by atoms with Crippen LogP contribution in [0.4, 0.5) is 5.95 Å². The number of hydrogen-bond acceptors (Lipinski definition) is 5. The molecule has 5 nitrogen and oxygen atoms in total. The molecule has 0 bridgehead atoms. The summed E-state index contributed by atoms with van der Waals surface area (Å²) in [7, 11) is 0. The highest BCUT2D eigenvalue weighted by atomic mass is 79.9. The summed E-state index contributed by atoms with van der Waals surface area (Å²) in [5, 5.41) is 3.06. The maximum Gasteiger partial charge on any atom is 0.222 e. The first-order valence-corrected chi connectivity index (χ1v) is 5.52. The van der Waals surface area contributed by atoms with Crippen molar-refractivity contribution in [3.63, 3.8) is 0 Å². The van der Waals surface area contributed by atoms with Crippen LogP contribution in [0.5, 0.6) is 0 Å². The number of hydrogen-bond donors (Lipinski definition) is 1. The third kappa shape index (κ3) is 2.96. The van der Waals surface area contributed by atoms with Gasteiger partial charge < -0.3 is 5.32 Å². The molecule has 0 radical (unpaired) electrons. The first kappa shape index (κ1) is 10.9. The molecule has 2 rings (SSSR count). The molecule has 0 amide bonds. The second-order valence-electron chi connectivity index (χ2n) is 3.23. The summed E-state index contributed by atoms with van der Waals surface area (Å²) in [5.74, 6) is 0.575. The van der Waals surface area contributed by atoms with E-state index in [-0.39, 0.29) is 0 Å². The Morgan fingerprint density at radius 1 is 1.06 bits per heavy atom. The zero-order valence-corrected chi connectivity index (χ0v) is 10.3. The molecule has 0 aromatic carbocycles. The van der Waals surface area contributed by atoms with Crippen LogP contribution >= 0.6 is 15.9 Å². The molecule has 0 saturated heterocycles. The fourth-order valence-electron chi connectivity index (χ4n) is 1.08. The van der Waals surface area contributed by atoms with Crippen LogP contribution in [-0.2, 0) is 6.54 Å². The largest absolute Gasteiger partial charge is 0.349 e. The van der Waals surface area contributed by atoms with Gasteiger partial charge in [0.1, 0.15) is 0 Å². The normalized spacial score (nSPS) is 10.1. The van der Waals surface area contributed by atoms with E-state index in [9.17, 15) is 0 Å². The van der Waals surface area contributed by atoms with Crippen molar-refractivity contribution in [3.8, 4) is 0 Å². The Morgan fingerprint density at radius 2 is 1.81 bits per heavy atom. The molecule has 0 aliphatic heterocycles. The first-order valence-electron chi connectivity index (χ1n) is 4.73. The maximum atomic E-state index is 4.22. The average Bonchev–Trinajstić information content (AvgIpc) is 2.30. The number of aromatic nitrogens is 4. The van der Waals surface area contributed by atoms with Crippen molar-refractivity contribution in [3.05, 3.63) is 40.6 Å². The van der Waals surface area contributed by atoms with E-state index >= 15 is 0 Å². The Kier molecular flexibility index (Phi) is 3.40. The summed E-state index contributed by atoms with van der Waals surface area (Å²) < 4.78 is 0.855. The number of nitrogens with zero attached hydrogens (tertiary/aromatic N) is 4. The highest BCUT2D eigenvalue weighted by Gasteiger charge is 1.98. The van der Waals surface area contributed by atoms with Crippen molar-refractivity contribution in [1.82, 2.24) is 19.9 Å². The summed E-state index contributed by atoms with van der Waals surface area (Å²) >= 11 is 3.27. The van der Waals surface area contributed by atoms with Gasteiger partial charge in [-0.15, -0.1) is 0 Å². The maximum absolute atomic E-state index is 4.22. The van der Waals surface area contributed by atoms with E-state index in [0.717, 1.165) is 15.9 Å². The number of aryl methyl sites for hydroxylation is 1. The molecule has 2 heterocycles. The second kappa shape index (κ2) is 4.98. The molecule has 0 aliphatic carbocycles. The van der Waals surface area contributed by atoms with Crippen LogP contribution in [0.3, 0.4) is 0 Å². The molecule has 16 heavy (non-hydrogen) atoms. The SMILES string of the molecule is Cc1cnc(CNc2ncc(Br)cn2)cn1. The van der Waals surface area contributed by atoms with Gasteiger partial charge in [-0.25, -0.2) is 9.97 Å². The van der Waals surface area contributed by atoms with Gasteiger partial charge in [0.15, 0.2) is 0 Å². The minimum absolute atomic E-state index is 0.564. The van der Waals surface area contributed by atoms with Crippen LogP contribution in [0, 0.1) is 6.92 Å². The Morgan fingerprint density at radius 3 is 2.44 bits per heavy atom. The van der Waals surface area contributed by atoms with Crippen LogP contribution in [0.1, 0.15) is 11.4 Å². The molecule has 6 heteroatoms. The van der Waals surface area contributed by atoms with Crippen molar-refractivity contribution < 1.29 is 0 Å². The predicted molar refractivity (Wildman–Crippen MR) is 63.8 cm³/mol. The fourth-order valence-corrected chi connectivity index (χ4v) is 1.29. The molecule has 0 unspecified atom stereocenters. The highest BCUT2D eigenvalue weighted by Crippen LogP contribution is 2.07. The van der Waals surface area contributed by atoms with Gasteiger partial charge in [0.05, 0.1) is 28.6 Å². The van der Waals surface area contributed by atoms with Crippen molar-refractivity contribution in [2.24, 2.45) is 0 Å². The van der Waals surface area contributed by atoms with Gasteiger partial charge in [-0.1, -0.05) is 0 Å². The lowest BCUT2D eigenvalue weighted by Gasteiger charge is -2.03. The smallest absolute Gasteiger partial charge is 0.222 e. The molecule has 2 aromatic heterocycles. The zero-order chi connectivity index (χ0) is 11.4. The van der Waals surface area contributed by atoms with E-state index in [4.69, 9.17) is 0 Å². The summed E-state index contributed by atoms with van der Waals surface area (Å²) in [6, 6.07) is 0. The van der Waals surface area contributed by atoms with E-state index in [0.29, 0.717) is 12.5 Å². The lowest BCUT2D eigenvalue weighted by atomic mass is 10.4. The van der Waals surface area contributed by atoms with E-state index in [1.165, 1.54) is 0 Å². The second-order valence-corrected chi connectivity index (χ2v) is 4.14. The van der Waals surface area contributed by atoms with E-state index in [2.05, 4.69) is 41.2 Å². The van der Waals surface area contributed by atoms with Crippen LogP contribution < -0.4 is 5.32 Å². The van der Waals surface area contributed by atoms with Gasteiger partial charge in [-0.3, -0.25) is 9.97 Å². The Labute approximate surface area is 102 Å².